The van der Waals surface area contributed by atoms with Crippen LogP contribution in [0.4, 0.5) is 17.2 Å². The molecule has 1 amide bonds. The summed E-state index contributed by atoms with van der Waals surface area (Å²) in [5.74, 6) is -1.74. The topological polar surface area (TPSA) is 698 Å². The highest BCUT2D eigenvalue weighted by Gasteiger charge is 2.52. The van der Waals surface area contributed by atoms with E-state index < -0.39 is 166 Å². The van der Waals surface area contributed by atoms with Gasteiger partial charge in [0, 0.05) is 72.2 Å². The highest BCUT2D eigenvalue weighted by Crippen LogP contribution is 2.75. The van der Waals surface area contributed by atoms with Crippen molar-refractivity contribution in [1.82, 2.24) is 24.8 Å². The van der Waals surface area contributed by atoms with Crippen LogP contribution in [0.1, 0.15) is 115 Å². The fraction of sp³-hybridized carbons (Fsp3) is 0.482. The number of anilines is 2. The number of aliphatic hydroxyl groups excluding tert-OH is 1. The minimum Gasteiger partial charge on any atom is -0.744 e. The first kappa shape index (κ1) is 92.3. The molecule has 56 heteroatoms. The van der Waals surface area contributed by atoms with Crippen LogP contribution in [0.5, 0.6) is 0 Å². The first-order valence-corrected chi connectivity index (χ1v) is 49.3. The van der Waals surface area contributed by atoms with E-state index >= 15 is 0 Å². The Bertz CT molecular complexity index is 5500. The standard InChI is InChI=1S/C56H78N8O37P6S5/c1-55(2)47(63(26-15-29-109(82,83)84)43-22-20-39-40(51(43)55)30-38(111(88,89)90)32-46(39)112(91,92)93)16-8-6-9-17-48-56(3,41-31-37(110(85,86)87)19-21-42(41)62(48)25-14-28-108(79,80)81)23-11-7-10-18-49(66)58-24-12-4-5-13-27-94-102(67,68)97-104(71,72)99-106(75,76)101-107(77,78)100-105(73,74)98-103(69,70)95-34-45-44(65)33-50(96-45)64-36-61-52-53(57)59-35-60-54(52)64/h6,8-9,16-17,19-22,30-32,35-36,44-45,50,65H,4-5,7,10-15,18,23-29,33-34H2,1-3H3,(H13-,57,58,59,60,66,67,68,69,70,71,72,73,74,75,76,77,78,79,80,81,82,83,84,85,86,87,88,89,90,91,92,93)/t44-,45+,50+,56?/m0/s1. The Labute approximate surface area is 639 Å². The molecule has 3 aromatic carbocycles. The zero-order valence-corrected chi connectivity index (χ0v) is 68.2. The van der Waals surface area contributed by atoms with Gasteiger partial charge < -0.3 is 59.7 Å². The van der Waals surface area contributed by atoms with Crippen LogP contribution in [0.25, 0.3) is 21.9 Å². The summed E-state index contributed by atoms with van der Waals surface area (Å²) in [5, 5.41) is 13.1. The van der Waals surface area contributed by atoms with Crippen molar-refractivity contribution in [1.29, 1.82) is 0 Å². The van der Waals surface area contributed by atoms with Gasteiger partial charge in [0.2, 0.25) is 11.6 Å². The van der Waals surface area contributed by atoms with Gasteiger partial charge in [-0.1, -0.05) is 43.9 Å². The number of ether oxygens (including phenoxy) is 1. The summed E-state index contributed by atoms with van der Waals surface area (Å²) in [6.45, 7) is 3.34. The number of fused-ring (bicyclic) bond motifs is 5. The summed E-state index contributed by atoms with van der Waals surface area (Å²) in [6.07, 6.45) is 7.99. The van der Waals surface area contributed by atoms with E-state index in [4.69, 9.17) is 10.5 Å². The zero-order valence-electron chi connectivity index (χ0n) is 58.8. The molecule has 3 aliphatic rings. The third-order valence-electron chi connectivity index (χ3n) is 17.3. The first-order chi connectivity index (χ1) is 51.4. The van der Waals surface area contributed by atoms with Crippen LogP contribution in [-0.4, -0.2) is 192 Å². The van der Waals surface area contributed by atoms with Gasteiger partial charge >= 0.3 is 46.9 Å². The maximum atomic E-state index is 13.0. The summed E-state index contributed by atoms with van der Waals surface area (Å²) >= 11 is 0. The number of nitrogens with zero attached hydrogens (tertiary/aromatic N) is 6. The quantitative estimate of drug-likeness (QED) is 0.00664. The minimum atomic E-state index is -6.58. The number of nitrogens with two attached hydrogens (primary N) is 1. The predicted octanol–water partition coefficient (Wildman–Crippen LogP) is 6.36. The molecule has 10 atom stereocenters. The van der Waals surface area contributed by atoms with Gasteiger partial charge in [0.05, 0.1) is 52.4 Å². The maximum absolute atomic E-state index is 13.0. The van der Waals surface area contributed by atoms with E-state index in [9.17, 15) is 132 Å². The number of benzene rings is 3. The lowest BCUT2D eigenvalue weighted by Gasteiger charge is -2.30. The number of carbonyl (C=O) groups is 1. The number of aromatic nitrogens is 4. The molecule has 1 fully saturated rings. The number of unbranched alkanes of at least 4 members (excludes halogenated alkanes) is 5. The van der Waals surface area contributed by atoms with Crippen LogP contribution in [0.3, 0.4) is 0 Å². The Hall–Kier alpha value is -5.24. The van der Waals surface area contributed by atoms with Crippen LogP contribution in [0, 0.1) is 0 Å². The molecule has 5 heterocycles. The molecule has 0 spiro atoms. The number of phosphoric ester groups is 2. The van der Waals surface area contributed by atoms with Crippen molar-refractivity contribution in [2.45, 2.75) is 142 Å². The van der Waals surface area contributed by atoms with E-state index in [0.29, 0.717) is 72.1 Å². The van der Waals surface area contributed by atoms with Crippen LogP contribution in [-0.2, 0) is 129 Å². The molecule has 5 aromatic rings. The third kappa shape index (κ3) is 24.9. The average molecular weight is 1800 g/mol. The minimum absolute atomic E-state index is 0.00559. The number of rotatable bonds is 42. The number of hydrogen-bond acceptors (Lipinski definition) is 32. The molecule has 1 saturated heterocycles. The smallest absolute Gasteiger partial charge is 0.490 e. The predicted molar refractivity (Wildman–Crippen MR) is 389 cm³/mol. The van der Waals surface area contributed by atoms with E-state index in [1.807, 2.05) is 0 Å². The van der Waals surface area contributed by atoms with Crippen molar-refractivity contribution in [3.63, 3.8) is 0 Å². The lowest BCUT2D eigenvalue weighted by molar-refractivity contribution is -0.437. The van der Waals surface area contributed by atoms with Gasteiger partial charge in [-0.15, -0.1) is 0 Å². The molecule has 0 bridgehead atoms. The largest absolute Gasteiger partial charge is 0.744 e. The van der Waals surface area contributed by atoms with E-state index in [1.165, 1.54) is 35.2 Å². The van der Waals surface area contributed by atoms with Crippen LogP contribution in [0.2, 0.25) is 0 Å². The Morgan fingerprint density at radius 2 is 1.29 bits per heavy atom. The molecule has 14 N–H and O–H groups in total. The number of carbonyl (C=O) groups excluding carboxylic acids is 1. The second-order valence-corrected chi connectivity index (χ2v) is 42.7. The Balaban J connectivity index is 0.816. The number of nitrogen functional groups attached to an aromatic ring is 1. The zero-order chi connectivity index (χ0) is 83.4. The summed E-state index contributed by atoms with van der Waals surface area (Å²) < 4.78 is 286. The summed E-state index contributed by atoms with van der Waals surface area (Å²) in [6, 6.07) is 8.04. The van der Waals surface area contributed by atoms with Crippen molar-refractivity contribution in [3.05, 3.63) is 102 Å². The van der Waals surface area contributed by atoms with E-state index in [1.54, 1.807) is 60.6 Å². The van der Waals surface area contributed by atoms with Gasteiger partial charge in [0.25, 0.3) is 40.5 Å². The van der Waals surface area contributed by atoms with Gasteiger partial charge in [-0.05, 0) is 106 Å². The number of allylic oxidation sites excluding steroid dienone is 6. The molecule has 624 valence electrons. The number of imidazole rings is 1. The number of hydrogen-bond donors (Lipinski definition) is 13. The highest BCUT2D eigenvalue weighted by molar-refractivity contribution is 7.87. The second-order valence-electron chi connectivity index (χ2n) is 26.0. The number of phosphoric acid groups is 6. The number of nitrogens with one attached hydrogen (secondary N) is 1. The van der Waals surface area contributed by atoms with Gasteiger partial charge in [0.1, 0.15) is 45.7 Å². The molecule has 112 heavy (non-hydrogen) atoms. The molecular weight excluding hydrogens is 1720 g/mol. The summed E-state index contributed by atoms with van der Waals surface area (Å²) in [4.78, 5) is 83.9. The highest BCUT2D eigenvalue weighted by atomic mass is 32.2. The molecule has 0 saturated carbocycles. The molecule has 0 radical (unpaired) electrons. The van der Waals surface area contributed by atoms with Gasteiger partial charge in [-0.25, -0.2) is 50.8 Å². The second kappa shape index (κ2) is 35.5. The Kier molecular flexibility index (Phi) is 29.3. The fourth-order valence-corrected chi connectivity index (χ4v) is 23.3. The normalized spacial score (nSPS) is 22.1. The van der Waals surface area contributed by atoms with Crippen LogP contribution >= 0.6 is 46.9 Å². The third-order valence-corrected chi connectivity index (χ3v) is 30.7. The fourth-order valence-electron chi connectivity index (χ4n) is 12.7. The van der Waals surface area contributed by atoms with Crippen LogP contribution < -0.4 is 16.0 Å². The molecule has 7 unspecified atom stereocenters. The molecule has 0 aliphatic carbocycles. The van der Waals surface area contributed by atoms with Gasteiger partial charge in [-0.2, -0.15) is 59.8 Å². The molecule has 8 rings (SSSR count). The van der Waals surface area contributed by atoms with E-state index in [2.05, 4.69) is 50.9 Å². The summed E-state index contributed by atoms with van der Waals surface area (Å²) in [5.41, 5.74) is 6.01. The Morgan fingerprint density at radius 3 is 1.89 bits per heavy atom. The van der Waals surface area contributed by atoms with Crippen molar-refractivity contribution in [2.75, 3.05) is 55.0 Å². The molecule has 3 aliphatic heterocycles. The molecular formula is C56H78N8O37P6S5. The van der Waals surface area contributed by atoms with Crippen molar-refractivity contribution >= 4 is 148 Å². The SMILES string of the molecule is CC1(C)C(C=CC=CC=C2N(CCCS(=O)(=O)O)c3ccc(S(=O)(=O)[O-])cc3C2(C)CCCCCC(=O)NCCCCCCOP(=O)(O)OP(=O)(O)OP(=O)(O)OP(=O)(O)OP(=O)(O)OP(=O)(O)OC[C@H]2O[C@@H](n3cnc4c(N)ncnc43)C[C@@H]2O)=[N+](CCCS(=O)(=O)O)c2ccc3c(S(=O)(=O)O)cc(S(=O)(=O)O)cc3c21. The summed E-state index contributed by atoms with van der Waals surface area (Å²) in [7, 11) is -61.7. The van der Waals surface area contributed by atoms with Gasteiger partial charge in [-0.3, -0.25) is 36.6 Å². The van der Waals surface area contributed by atoms with Crippen molar-refractivity contribution in [3.8, 4) is 0 Å². The molecule has 45 nitrogen and oxygen atoms in total. The van der Waals surface area contributed by atoms with Gasteiger partial charge in [0.15, 0.2) is 17.2 Å². The molecule has 2 aromatic heterocycles. The van der Waals surface area contributed by atoms with E-state index in [0.717, 1.165) is 18.5 Å². The van der Waals surface area contributed by atoms with Crippen LogP contribution in [0.15, 0.2) is 106 Å². The lowest BCUT2D eigenvalue weighted by atomic mass is 9.77. The van der Waals surface area contributed by atoms with E-state index in [-0.39, 0.29) is 98.2 Å². The number of aliphatic hydroxyl groups is 1. The Morgan fingerprint density at radius 1 is 0.688 bits per heavy atom. The maximum Gasteiger partial charge on any atom is 0.490 e. The van der Waals surface area contributed by atoms with Crippen molar-refractivity contribution in [2.24, 2.45) is 0 Å². The number of amides is 1. The first-order valence-electron chi connectivity index (χ1n) is 32.8. The average Bonchev–Trinajstić information content (AvgIpc) is 1.55. The lowest BCUT2D eigenvalue weighted by Crippen LogP contribution is -2.30. The monoisotopic (exact) mass is 1800 g/mol. The van der Waals surface area contributed by atoms with Crippen molar-refractivity contribution < 1.29 is 171 Å².